The van der Waals surface area contributed by atoms with Gasteiger partial charge in [0.25, 0.3) is 0 Å². The summed E-state index contributed by atoms with van der Waals surface area (Å²) in [6, 6.07) is 13.6. The molecule has 2 aromatic rings. The first-order valence-corrected chi connectivity index (χ1v) is 10.9. The minimum atomic E-state index is -0.468. The van der Waals surface area contributed by atoms with Crippen LogP contribution in [0.4, 0.5) is 11.4 Å². The lowest BCUT2D eigenvalue weighted by Crippen LogP contribution is -2.35. The fraction of sp³-hybridized carbons (Fsp3) is 0.348. The molecule has 0 bridgehead atoms. The van der Waals surface area contributed by atoms with Crippen molar-refractivity contribution in [2.24, 2.45) is 4.99 Å². The Morgan fingerprint density at radius 1 is 1.23 bits per heavy atom. The number of hydrogen-bond donors (Lipinski definition) is 1. The van der Waals surface area contributed by atoms with E-state index in [0.717, 1.165) is 29.7 Å². The number of anilines is 1. The predicted octanol–water partition coefficient (Wildman–Crippen LogP) is 4.43. The molecule has 1 unspecified atom stereocenters. The summed E-state index contributed by atoms with van der Waals surface area (Å²) >= 11 is 1.39. The van der Waals surface area contributed by atoms with Gasteiger partial charge in [-0.2, -0.15) is 0 Å². The number of carbonyl (C=O) groups is 2. The maximum atomic E-state index is 13.1. The van der Waals surface area contributed by atoms with Crippen LogP contribution in [0.2, 0.25) is 0 Å². The molecule has 1 N–H and O–H groups in total. The number of carbonyl (C=O) groups excluding carboxylic acids is 2. The standard InChI is InChI=1S/C23H25N3O3S/c1-14-8-9-15(2)18(12-14)25-23-26(16-10-11-16)22(28)20(30-23)13-21(27)24-17-6-4-5-7-19(17)29-3/h4-9,12,16,20H,10-11,13H2,1-3H3,(H,24,27). The van der Waals surface area contributed by atoms with E-state index in [1.807, 2.05) is 38.1 Å². The maximum Gasteiger partial charge on any atom is 0.242 e. The Balaban J connectivity index is 1.52. The fourth-order valence-corrected chi connectivity index (χ4v) is 4.63. The van der Waals surface area contributed by atoms with Crippen molar-refractivity contribution >= 4 is 40.1 Å². The van der Waals surface area contributed by atoms with Crippen LogP contribution in [0.15, 0.2) is 47.5 Å². The topological polar surface area (TPSA) is 71.0 Å². The van der Waals surface area contributed by atoms with Crippen LogP contribution in [0.5, 0.6) is 5.75 Å². The van der Waals surface area contributed by atoms with Gasteiger partial charge in [0.1, 0.15) is 11.0 Å². The molecule has 1 saturated heterocycles. The lowest BCUT2D eigenvalue weighted by molar-refractivity contribution is -0.128. The number of hydrogen-bond acceptors (Lipinski definition) is 5. The van der Waals surface area contributed by atoms with Crippen LogP contribution in [0.3, 0.4) is 0 Å². The Morgan fingerprint density at radius 2 is 2.00 bits per heavy atom. The first-order valence-electron chi connectivity index (χ1n) is 10.0. The van der Waals surface area contributed by atoms with Gasteiger partial charge >= 0.3 is 0 Å². The van der Waals surface area contributed by atoms with Gasteiger partial charge in [0, 0.05) is 12.5 Å². The van der Waals surface area contributed by atoms with Gasteiger partial charge in [-0.15, -0.1) is 0 Å². The normalized spacial score (nSPS) is 20.0. The number of aliphatic imine (C=N–C) groups is 1. The molecule has 1 aliphatic heterocycles. The quantitative estimate of drug-likeness (QED) is 0.746. The SMILES string of the molecule is COc1ccccc1NC(=O)CC1SC(=Nc2cc(C)ccc2C)N(C2CC2)C1=O. The second-order valence-corrected chi connectivity index (χ2v) is 8.85. The highest BCUT2D eigenvalue weighted by Gasteiger charge is 2.46. The predicted molar refractivity (Wildman–Crippen MR) is 120 cm³/mol. The van der Waals surface area contributed by atoms with Crippen molar-refractivity contribution < 1.29 is 14.3 Å². The number of rotatable bonds is 6. The first-order chi connectivity index (χ1) is 14.5. The summed E-state index contributed by atoms with van der Waals surface area (Å²) < 4.78 is 5.28. The molecule has 2 aliphatic rings. The molecular weight excluding hydrogens is 398 g/mol. The molecule has 2 amide bonds. The summed E-state index contributed by atoms with van der Waals surface area (Å²) in [5, 5.41) is 3.09. The number of nitrogens with zero attached hydrogens (tertiary/aromatic N) is 2. The third kappa shape index (κ3) is 4.36. The highest BCUT2D eigenvalue weighted by Crippen LogP contribution is 2.40. The van der Waals surface area contributed by atoms with Crippen LogP contribution in [0.25, 0.3) is 0 Å². The molecule has 156 valence electrons. The van der Waals surface area contributed by atoms with E-state index >= 15 is 0 Å². The smallest absolute Gasteiger partial charge is 0.242 e. The van der Waals surface area contributed by atoms with Crippen LogP contribution in [-0.2, 0) is 9.59 Å². The van der Waals surface area contributed by atoms with Crippen molar-refractivity contribution in [3.8, 4) is 5.75 Å². The molecule has 0 radical (unpaired) electrons. The molecule has 1 saturated carbocycles. The average Bonchev–Trinajstić information content (AvgIpc) is 3.51. The van der Waals surface area contributed by atoms with Gasteiger partial charge in [0.15, 0.2) is 5.17 Å². The van der Waals surface area contributed by atoms with E-state index in [1.165, 1.54) is 11.8 Å². The largest absolute Gasteiger partial charge is 0.495 e. The van der Waals surface area contributed by atoms with Crippen molar-refractivity contribution in [3.05, 3.63) is 53.6 Å². The third-order valence-corrected chi connectivity index (χ3v) is 6.36. The first kappa shape index (κ1) is 20.5. The van der Waals surface area contributed by atoms with Gasteiger partial charge in [-0.05, 0) is 56.0 Å². The Labute approximate surface area is 180 Å². The van der Waals surface area contributed by atoms with Crippen molar-refractivity contribution in [2.75, 3.05) is 12.4 Å². The number of ether oxygens (including phenoxy) is 1. The summed E-state index contributed by atoms with van der Waals surface area (Å²) in [6.07, 6.45) is 2.06. The lowest BCUT2D eigenvalue weighted by Gasteiger charge is -2.15. The fourth-order valence-electron chi connectivity index (χ4n) is 3.42. The van der Waals surface area contributed by atoms with Crippen LogP contribution >= 0.6 is 11.8 Å². The molecule has 1 atom stereocenters. The van der Waals surface area contributed by atoms with E-state index in [9.17, 15) is 9.59 Å². The number of benzene rings is 2. The summed E-state index contributed by atoms with van der Waals surface area (Å²) in [5.41, 5.74) is 3.66. The van der Waals surface area contributed by atoms with E-state index in [2.05, 4.69) is 11.4 Å². The minimum Gasteiger partial charge on any atom is -0.495 e. The van der Waals surface area contributed by atoms with Crippen LogP contribution in [0.1, 0.15) is 30.4 Å². The number of para-hydroxylation sites is 2. The maximum absolute atomic E-state index is 13.1. The van der Waals surface area contributed by atoms with E-state index < -0.39 is 5.25 Å². The number of thioether (sulfide) groups is 1. The Hall–Kier alpha value is -2.80. The number of amidine groups is 1. The molecule has 1 heterocycles. The highest BCUT2D eigenvalue weighted by molar-refractivity contribution is 8.15. The lowest BCUT2D eigenvalue weighted by atomic mass is 10.1. The Kier molecular flexibility index (Phi) is 5.81. The Bertz CT molecular complexity index is 1020. The average molecular weight is 424 g/mol. The van der Waals surface area contributed by atoms with Gasteiger partial charge in [-0.1, -0.05) is 36.0 Å². The van der Waals surface area contributed by atoms with Crippen molar-refractivity contribution in [1.82, 2.24) is 4.90 Å². The van der Waals surface area contributed by atoms with Crippen LogP contribution in [-0.4, -0.2) is 40.3 Å². The molecule has 0 aromatic heterocycles. The van der Waals surface area contributed by atoms with Crippen LogP contribution < -0.4 is 10.1 Å². The molecule has 1 aliphatic carbocycles. The molecule has 2 aromatic carbocycles. The summed E-state index contributed by atoms with van der Waals surface area (Å²) in [4.78, 5) is 32.3. The zero-order chi connectivity index (χ0) is 21.3. The van der Waals surface area contributed by atoms with Gasteiger partial charge < -0.3 is 10.1 Å². The zero-order valence-corrected chi connectivity index (χ0v) is 18.2. The number of nitrogens with one attached hydrogen (secondary N) is 1. The summed E-state index contributed by atoms with van der Waals surface area (Å²) in [5.74, 6) is 0.351. The van der Waals surface area contributed by atoms with Gasteiger partial charge in [0.05, 0.1) is 18.5 Å². The van der Waals surface area contributed by atoms with E-state index in [-0.39, 0.29) is 24.3 Å². The number of aryl methyl sites for hydroxylation is 2. The molecule has 4 rings (SSSR count). The molecule has 30 heavy (non-hydrogen) atoms. The molecular formula is C23H25N3O3S. The molecule has 0 spiro atoms. The number of methoxy groups -OCH3 is 1. The third-order valence-electron chi connectivity index (χ3n) is 5.21. The van der Waals surface area contributed by atoms with Crippen molar-refractivity contribution in [2.45, 2.75) is 44.4 Å². The molecule has 7 heteroatoms. The summed E-state index contributed by atoms with van der Waals surface area (Å²) in [7, 11) is 1.56. The minimum absolute atomic E-state index is 0.0262. The molecule has 6 nitrogen and oxygen atoms in total. The van der Waals surface area contributed by atoms with E-state index in [4.69, 9.17) is 9.73 Å². The zero-order valence-electron chi connectivity index (χ0n) is 17.3. The van der Waals surface area contributed by atoms with Gasteiger partial charge in [-0.25, -0.2) is 4.99 Å². The summed E-state index contributed by atoms with van der Waals surface area (Å²) in [6.45, 7) is 4.04. The highest BCUT2D eigenvalue weighted by atomic mass is 32.2. The Morgan fingerprint density at radius 3 is 2.73 bits per heavy atom. The van der Waals surface area contributed by atoms with Gasteiger partial charge in [-0.3, -0.25) is 14.5 Å². The molecule has 2 fully saturated rings. The van der Waals surface area contributed by atoms with Crippen molar-refractivity contribution in [3.63, 3.8) is 0 Å². The number of amides is 2. The van der Waals surface area contributed by atoms with E-state index in [0.29, 0.717) is 16.6 Å². The van der Waals surface area contributed by atoms with Crippen LogP contribution in [0, 0.1) is 13.8 Å². The second-order valence-electron chi connectivity index (χ2n) is 7.68. The second kappa shape index (κ2) is 8.52. The van der Waals surface area contributed by atoms with Crippen molar-refractivity contribution in [1.29, 1.82) is 0 Å². The van der Waals surface area contributed by atoms with E-state index in [1.54, 1.807) is 24.1 Å². The monoisotopic (exact) mass is 423 g/mol. The van der Waals surface area contributed by atoms with Gasteiger partial charge in [0.2, 0.25) is 11.8 Å².